The summed E-state index contributed by atoms with van der Waals surface area (Å²) in [5.41, 5.74) is 4.82. The first-order valence-corrected chi connectivity index (χ1v) is 8.97. The topological polar surface area (TPSA) is 3.88 Å². The largest absolute Gasteiger partial charge is 0.226 e. The van der Waals surface area contributed by atoms with E-state index in [0.29, 0.717) is 5.56 Å². The predicted molar refractivity (Wildman–Crippen MR) is 102 cm³/mol. The third-order valence-electron chi connectivity index (χ3n) is 5.98. The molecule has 1 aromatic heterocycles. The zero-order valence-electron chi connectivity index (χ0n) is 15.1. The summed E-state index contributed by atoms with van der Waals surface area (Å²) in [6.45, 7) is 10.6. The van der Waals surface area contributed by atoms with Crippen molar-refractivity contribution in [1.82, 2.24) is 0 Å². The normalized spacial score (nSPS) is 15.1. The van der Waals surface area contributed by atoms with Gasteiger partial charge >= 0.3 is 0 Å². The highest BCUT2D eigenvalue weighted by molar-refractivity contribution is 5.95. The molecule has 2 heteroatoms. The molecule has 0 spiro atoms. The van der Waals surface area contributed by atoms with E-state index in [1.54, 1.807) is 6.07 Å². The molecule has 25 heavy (non-hydrogen) atoms. The van der Waals surface area contributed by atoms with Crippen LogP contribution in [0.4, 0.5) is 4.39 Å². The van der Waals surface area contributed by atoms with Gasteiger partial charge in [-0.1, -0.05) is 32.0 Å². The highest BCUT2D eigenvalue weighted by Crippen LogP contribution is 2.48. The zero-order valence-corrected chi connectivity index (χ0v) is 15.1. The summed E-state index contributed by atoms with van der Waals surface area (Å²) in [7, 11) is 0. The first kappa shape index (κ1) is 16.0. The monoisotopic (exact) mass is 332 g/mol. The SMILES string of the molecule is C=C1[n+]2ccc3ccccc3c2-c2cc(C)c(F)cc2C1(CC)CC. The number of benzene rings is 2. The maximum atomic E-state index is 14.5. The van der Waals surface area contributed by atoms with Gasteiger partial charge in [0.1, 0.15) is 5.82 Å². The summed E-state index contributed by atoms with van der Waals surface area (Å²) >= 11 is 0. The number of allylic oxidation sites excluding steroid dienone is 1. The van der Waals surface area contributed by atoms with Crippen LogP contribution >= 0.6 is 0 Å². The van der Waals surface area contributed by atoms with Gasteiger partial charge in [-0.3, -0.25) is 0 Å². The molecule has 4 rings (SSSR count). The standard InChI is InChI=1S/C23H23FN/c1-5-23(6-2)16(4)25-12-11-17-9-7-8-10-18(17)22(25)19-13-15(3)21(24)14-20(19)23/h7-14H,4-6H2,1-3H3/q+1. The lowest BCUT2D eigenvalue weighted by molar-refractivity contribution is -0.576. The molecule has 0 fully saturated rings. The van der Waals surface area contributed by atoms with Crippen LogP contribution < -0.4 is 4.57 Å². The molecule has 0 amide bonds. The zero-order chi connectivity index (χ0) is 17.8. The fourth-order valence-corrected chi connectivity index (χ4v) is 4.42. The maximum Gasteiger partial charge on any atom is 0.226 e. The van der Waals surface area contributed by atoms with Gasteiger partial charge in [0.2, 0.25) is 5.69 Å². The predicted octanol–water partition coefficient (Wildman–Crippen LogP) is 5.78. The number of aromatic nitrogens is 1. The minimum atomic E-state index is -0.232. The molecule has 0 radical (unpaired) electrons. The third kappa shape index (κ3) is 2.03. The number of halogens is 1. The van der Waals surface area contributed by atoms with E-state index in [4.69, 9.17) is 0 Å². The Kier molecular flexibility index (Phi) is 3.54. The maximum absolute atomic E-state index is 14.5. The van der Waals surface area contributed by atoms with Crippen molar-refractivity contribution in [3.8, 4) is 11.3 Å². The average molecular weight is 332 g/mol. The first-order chi connectivity index (χ1) is 12.0. The number of aryl methyl sites for hydroxylation is 1. The van der Waals surface area contributed by atoms with Crippen LogP contribution in [0.3, 0.4) is 0 Å². The second kappa shape index (κ2) is 5.52. The molecule has 1 aliphatic heterocycles. The molecule has 126 valence electrons. The van der Waals surface area contributed by atoms with E-state index in [1.165, 1.54) is 10.8 Å². The number of hydrogen-bond donors (Lipinski definition) is 0. The van der Waals surface area contributed by atoms with Gasteiger partial charge < -0.3 is 0 Å². The number of pyridine rings is 1. The molecular weight excluding hydrogens is 309 g/mol. The van der Waals surface area contributed by atoms with Crippen LogP contribution in [0.5, 0.6) is 0 Å². The van der Waals surface area contributed by atoms with E-state index in [9.17, 15) is 4.39 Å². The third-order valence-corrected chi connectivity index (χ3v) is 5.98. The Morgan fingerprint density at radius 2 is 1.80 bits per heavy atom. The molecule has 1 aliphatic rings. The summed E-state index contributed by atoms with van der Waals surface area (Å²) in [5.74, 6) is -0.133. The van der Waals surface area contributed by atoms with E-state index < -0.39 is 0 Å². The van der Waals surface area contributed by atoms with Gasteiger partial charge in [0.05, 0.1) is 16.4 Å². The van der Waals surface area contributed by atoms with Crippen molar-refractivity contribution >= 4 is 16.5 Å². The molecule has 0 atom stereocenters. The molecule has 0 saturated heterocycles. The second-order valence-corrected chi connectivity index (χ2v) is 7.00. The van der Waals surface area contributed by atoms with Gasteiger partial charge in [-0.05, 0) is 61.1 Å². The van der Waals surface area contributed by atoms with Crippen LogP contribution in [-0.2, 0) is 5.41 Å². The summed E-state index contributed by atoms with van der Waals surface area (Å²) in [6, 6.07) is 14.3. The van der Waals surface area contributed by atoms with Gasteiger partial charge in [-0.15, -0.1) is 0 Å². The fourth-order valence-electron chi connectivity index (χ4n) is 4.42. The van der Waals surface area contributed by atoms with Crippen LogP contribution in [0.15, 0.2) is 55.2 Å². The Labute approximate surface area is 148 Å². The first-order valence-electron chi connectivity index (χ1n) is 8.97. The molecule has 0 saturated carbocycles. The molecule has 0 aliphatic carbocycles. The van der Waals surface area contributed by atoms with Crippen LogP contribution in [0, 0.1) is 12.7 Å². The molecule has 3 aromatic rings. The van der Waals surface area contributed by atoms with Crippen LogP contribution in [0.1, 0.15) is 37.8 Å². The molecule has 0 unspecified atom stereocenters. The summed E-state index contributed by atoms with van der Waals surface area (Å²) in [5, 5.41) is 2.37. The Morgan fingerprint density at radius 3 is 2.52 bits per heavy atom. The summed E-state index contributed by atoms with van der Waals surface area (Å²) in [4.78, 5) is 0. The van der Waals surface area contributed by atoms with Crippen molar-refractivity contribution < 1.29 is 8.96 Å². The smallest absolute Gasteiger partial charge is 0.207 e. The van der Waals surface area contributed by atoms with E-state index in [-0.39, 0.29) is 11.2 Å². The molecule has 2 aromatic carbocycles. The van der Waals surface area contributed by atoms with Gasteiger partial charge in [0, 0.05) is 6.07 Å². The lowest BCUT2D eigenvalue weighted by atomic mass is 9.68. The lowest BCUT2D eigenvalue weighted by Crippen LogP contribution is -2.48. The van der Waals surface area contributed by atoms with Gasteiger partial charge in [0.15, 0.2) is 11.9 Å². The van der Waals surface area contributed by atoms with Crippen LogP contribution in [-0.4, -0.2) is 0 Å². The van der Waals surface area contributed by atoms with Crippen LogP contribution in [0.25, 0.3) is 27.7 Å². The van der Waals surface area contributed by atoms with Crippen molar-refractivity contribution in [2.24, 2.45) is 0 Å². The molecular formula is C23H23FN+. The Hall–Kier alpha value is -2.48. The average Bonchev–Trinajstić information content (AvgIpc) is 2.64. The molecule has 2 heterocycles. The summed E-state index contributed by atoms with van der Waals surface area (Å²) < 4.78 is 16.7. The molecule has 0 N–H and O–H groups in total. The highest BCUT2D eigenvalue weighted by atomic mass is 19.1. The van der Waals surface area contributed by atoms with E-state index in [2.05, 4.69) is 61.5 Å². The van der Waals surface area contributed by atoms with Gasteiger partial charge in [-0.2, -0.15) is 4.57 Å². The Morgan fingerprint density at radius 1 is 1.08 bits per heavy atom. The Bertz CT molecular complexity index is 1010. The van der Waals surface area contributed by atoms with E-state index >= 15 is 0 Å². The van der Waals surface area contributed by atoms with Gasteiger partial charge in [-0.25, -0.2) is 4.39 Å². The number of nitrogens with zero attached hydrogens (tertiary/aromatic N) is 1. The van der Waals surface area contributed by atoms with Crippen LogP contribution in [0.2, 0.25) is 0 Å². The summed E-state index contributed by atoms with van der Waals surface area (Å²) in [6.07, 6.45) is 3.91. The van der Waals surface area contributed by atoms with Crippen molar-refractivity contribution in [2.45, 2.75) is 39.0 Å². The van der Waals surface area contributed by atoms with Crippen molar-refractivity contribution in [1.29, 1.82) is 0 Å². The van der Waals surface area contributed by atoms with Gasteiger partial charge in [0.25, 0.3) is 0 Å². The number of rotatable bonds is 2. The van der Waals surface area contributed by atoms with Crippen molar-refractivity contribution in [3.05, 3.63) is 72.2 Å². The van der Waals surface area contributed by atoms with Crippen molar-refractivity contribution in [2.75, 3.05) is 0 Å². The van der Waals surface area contributed by atoms with E-state index in [1.807, 2.05) is 13.0 Å². The molecule has 0 bridgehead atoms. The number of hydrogen-bond acceptors (Lipinski definition) is 0. The highest BCUT2D eigenvalue weighted by Gasteiger charge is 2.46. The fraction of sp³-hybridized carbons (Fsp3) is 0.261. The van der Waals surface area contributed by atoms with E-state index in [0.717, 1.165) is 35.4 Å². The lowest BCUT2D eigenvalue weighted by Gasteiger charge is -2.36. The minimum Gasteiger partial charge on any atom is -0.207 e. The quantitative estimate of drug-likeness (QED) is 0.523. The van der Waals surface area contributed by atoms with Crippen molar-refractivity contribution in [3.63, 3.8) is 0 Å². The number of fused-ring (bicyclic) bond motifs is 5. The minimum absolute atomic E-state index is 0.133. The second-order valence-electron chi connectivity index (χ2n) is 7.00. The molecule has 1 nitrogen and oxygen atoms in total. The Balaban J connectivity index is 2.20.